The fraction of sp³-hybridized carbons (Fsp3) is 0.130. The summed E-state index contributed by atoms with van der Waals surface area (Å²) in [6.45, 7) is 0.313. The number of halogens is 1. The molecule has 0 radical (unpaired) electrons. The van der Waals surface area contributed by atoms with Gasteiger partial charge in [-0.15, -0.1) is 10.2 Å². The molecule has 0 atom stereocenters. The predicted molar refractivity (Wildman–Crippen MR) is 122 cm³/mol. The number of thioether (sulfide) groups is 1. The van der Waals surface area contributed by atoms with Gasteiger partial charge in [-0.2, -0.15) is 0 Å². The Morgan fingerprint density at radius 1 is 0.867 bits per heavy atom. The maximum absolute atomic E-state index is 5.95. The molecule has 0 saturated carbocycles. The lowest BCUT2D eigenvalue weighted by atomic mass is 10.2. The van der Waals surface area contributed by atoms with E-state index in [0.717, 1.165) is 38.4 Å². The summed E-state index contributed by atoms with van der Waals surface area (Å²) in [5, 5.41) is 9.67. The van der Waals surface area contributed by atoms with Gasteiger partial charge in [0.15, 0.2) is 11.0 Å². The van der Waals surface area contributed by atoms with Gasteiger partial charge in [0.2, 0.25) is 0 Å². The van der Waals surface area contributed by atoms with Crippen LogP contribution in [0.15, 0.2) is 88.5 Å². The van der Waals surface area contributed by atoms with E-state index in [2.05, 4.69) is 38.3 Å². The maximum Gasteiger partial charge on any atom is 0.196 e. The number of benzene rings is 3. The van der Waals surface area contributed by atoms with Gasteiger partial charge < -0.3 is 9.47 Å². The number of ether oxygens (including phenoxy) is 2. The van der Waals surface area contributed by atoms with Gasteiger partial charge in [-0.3, -0.25) is 4.57 Å². The van der Waals surface area contributed by atoms with Crippen molar-refractivity contribution >= 4 is 27.7 Å². The Hall–Kier alpha value is -2.77. The van der Waals surface area contributed by atoms with Crippen molar-refractivity contribution in [3.05, 3.63) is 94.7 Å². The summed E-state index contributed by atoms with van der Waals surface area (Å²) in [4.78, 5) is 0. The van der Waals surface area contributed by atoms with E-state index in [1.54, 1.807) is 18.9 Å². The summed E-state index contributed by atoms with van der Waals surface area (Å²) in [6, 6.07) is 25.9. The zero-order chi connectivity index (χ0) is 20.8. The Bertz CT molecular complexity index is 1080. The van der Waals surface area contributed by atoms with Gasteiger partial charge in [0.1, 0.15) is 18.1 Å². The van der Waals surface area contributed by atoms with Gasteiger partial charge in [-0.05, 0) is 54.1 Å². The monoisotopic (exact) mass is 481 g/mol. The molecule has 0 aliphatic carbocycles. The van der Waals surface area contributed by atoms with Gasteiger partial charge in [0, 0.05) is 15.9 Å². The zero-order valence-corrected chi connectivity index (χ0v) is 18.8. The fourth-order valence-corrected chi connectivity index (χ4v) is 4.06. The highest BCUT2D eigenvalue weighted by molar-refractivity contribution is 9.10. The molecule has 4 aromatic rings. The summed E-state index contributed by atoms with van der Waals surface area (Å²) in [5.74, 6) is 3.09. The van der Waals surface area contributed by atoms with Crippen LogP contribution in [0.4, 0.5) is 0 Å². The number of aromatic nitrogens is 3. The lowest BCUT2D eigenvalue weighted by Crippen LogP contribution is -2.06. The molecule has 0 spiro atoms. The van der Waals surface area contributed by atoms with E-state index in [1.807, 2.05) is 71.3 Å². The molecule has 4 rings (SSSR count). The van der Waals surface area contributed by atoms with Crippen molar-refractivity contribution in [2.75, 3.05) is 7.11 Å². The van der Waals surface area contributed by atoms with Crippen LogP contribution in [0.5, 0.6) is 11.5 Å². The maximum atomic E-state index is 5.95. The Morgan fingerprint density at radius 2 is 1.57 bits per heavy atom. The molecule has 30 heavy (non-hydrogen) atoms. The van der Waals surface area contributed by atoms with Gasteiger partial charge in [-0.25, -0.2) is 0 Å². The summed E-state index contributed by atoms with van der Waals surface area (Å²) < 4.78 is 14.3. The van der Waals surface area contributed by atoms with Crippen LogP contribution >= 0.6 is 27.7 Å². The second-order valence-corrected chi connectivity index (χ2v) is 8.31. The standard InChI is InChI=1S/C23H20BrN3O2S/c1-28-20-11-13-21(14-12-20)29-15-22-25-26-23(27(22)19-5-3-2-4-6-19)30-16-17-7-9-18(24)10-8-17/h2-14H,15-16H2,1H3. The molecule has 5 nitrogen and oxygen atoms in total. The molecule has 0 fully saturated rings. The molecule has 0 saturated heterocycles. The highest BCUT2D eigenvalue weighted by Crippen LogP contribution is 2.27. The highest BCUT2D eigenvalue weighted by Gasteiger charge is 2.15. The van der Waals surface area contributed by atoms with Gasteiger partial charge in [0.25, 0.3) is 0 Å². The zero-order valence-electron chi connectivity index (χ0n) is 16.4. The molecular formula is C23H20BrN3O2S. The predicted octanol–water partition coefficient (Wildman–Crippen LogP) is 5.91. The van der Waals surface area contributed by atoms with Crippen LogP contribution in [-0.4, -0.2) is 21.9 Å². The van der Waals surface area contributed by atoms with Crippen LogP contribution in [0.1, 0.15) is 11.4 Å². The highest BCUT2D eigenvalue weighted by atomic mass is 79.9. The van der Waals surface area contributed by atoms with Crippen molar-refractivity contribution in [1.29, 1.82) is 0 Å². The van der Waals surface area contributed by atoms with Crippen molar-refractivity contribution in [3.63, 3.8) is 0 Å². The first-order valence-electron chi connectivity index (χ1n) is 9.37. The molecule has 3 aromatic carbocycles. The lowest BCUT2D eigenvalue weighted by Gasteiger charge is -2.11. The molecule has 0 unspecified atom stereocenters. The number of hydrogen-bond donors (Lipinski definition) is 0. The number of methoxy groups -OCH3 is 1. The first kappa shape index (κ1) is 20.5. The summed E-state index contributed by atoms with van der Waals surface area (Å²) >= 11 is 5.13. The number of para-hydroxylation sites is 1. The average molecular weight is 482 g/mol. The first-order valence-corrected chi connectivity index (χ1v) is 11.1. The van der Waals surface area contributed by atoms with Crippen LogP contribution in [0, 0.1) is 0 Å². The summed E-state index contributed by atoms with van der Waals surface area (Å²) in [6.07, 6.45) is 0. The molecule has 0 bridgehead atoms. The van der Waals surface area contributed by atoms with Crippen LogP contribution in [0.25, 0.3) is 5.69 Å². The Labute approximate surface area is 188 Å². The van der Waals surface area contributed by atoms with E-state index in [4.69, 9.17) is 9.47 Å². The lowest BCUT2D eigenvalue weighted by molar-refractivity contribution is 0.292. The normalized spacial score (nSPS) is 10.7. The largest absolute Gasteiger partial charge is 0.497 e. The Morgan fingerprint density at radius 3 is 2.27 bits per heavy atom. The van der Waals surface area contributed by atoms with Gasteiger partial charge in [0.05, 0.1) is 7.11 Å². The number of rotatable bonds is 8. The molecule has 0 aliphatic heterocycles. The Balaban J connectivity index is 1.54. The van der Waals surface area contributed by atoms with E-state index in [9.17, 15) is 0 Å². The van der Waals surface area contributed by atoms with Crippen LogP contribution in [-0.2, 0) is 12.4 Å². The second-order valence-electron chi connectivity index (χ2n) is 6.45. The van der Waals surface area contributed by atoms with E-state index in [0.29, 0.717) is 6.61 Å². The molecule has 1 heterocycles. The minimum atomic E-state index is 0.313. The van der Waals surface area contributed by atoms with Gasteiger partial charge in [-0.1, -0.05) is 58.0 Å². The summed E-state index contributed by atoms with van der Waals surface area (Å²) in [5.41, 5.74) is 2.23. The third-order valence-electron chi connectivity index (χ3n) is 4.42. The molecule has 0 amide bonds. The van der Waals surface area contributed by atoms with Crippen LogP contribution in [0.3, 0.4) is 0 Å². The molecule has 0 N–H and O–H groups in total. The van der Waals surface area contributed by atoms with Crippen LogP contribution < -0.4 is 9.47 Å². The molecule has 7 heteroatoms. The molecule has 0 aliphatic rings. The third-order valence-corrected chi connectivity index (χ3v) is 5.95. The fourth-order valence-electron chi connectivity index (χ4n) is 2.87. The van der Waals surface area contributed by atoms with Crippen molar-refractivity contribution in [2.24, 2.45) is 0 Å². The van der Waals surface area contributed by atoms with Crippen molar-refractivity contribution in [1.82, 2.24) is 14.8 Å². The van der Waals surface area contributed by atoms with E-state index in [-0.39, 0.29) is 0 Å². The third kappa shape index (κ3) is 5.04. The van der Waals surface area contributed by atoms with Crippen molar-refractivity contribution in [3.8, 4) is 17.2 Å². The first-order chi connectivity index (χ1) is 14.7. The SMILES string of the molecule is COc1ccc(OCc2nnc(SCc3ccc(Br)cc3)n2-c2ccccc2)cc1. The second kappa shape index (κ2) is 9.82. The van der Waals surface area contributed by atoms with Gasteiger partial charge >= 0.3 is 0 Å². The average Bonchev–Trinajstić information content (AvgIpc) is 3.21. The summed E-state index contributed by atoms with van der Waals surface area (Å²) in [7, 11) is 1.64. The van der Waals surface area contributed by atoms with Crippen LogP contribution in [0.2, 0.25) is 0 Å². The number of hydrogen-bond acceptors (Lipinski definition) is 5. The van der Waals surface area contributed by atoms with E-state index in [1.165, 1.54) is 5.56 Å². The van der Waals surface area contributed by atoms with E-state index >= 15 is 0 Å². The molecule has 152 valence electrons. The topological polar surface area (TPSA) is 49.2 Å². The van der Waals surface area contributed by atoms with Crippen molar-refractivity contribution in [2.45, 2.75) is 17.5 Å². The minimum absolute atomic E-state index is 0.313. The van der Waals surface area contributed by atoms with E-state index < -0.39 is 0 Å². The molecular weight excluding hydrogens is 462 g/mol. The smallest absolute Gasteiger partial charge is 0.196 e. The Kier molecular flexibility index (Phi) is 6.71. The minimum Gasteiger partial charge on any atom is -0.497 e. The quantitative estimate of drug-likeness (QED) is 0.292. The number of nitrogens with zero attached hydrogens (tertiary/aromatic N) is 3. The molecule has 1 aromatic heterocycles. The van der Waals surface area contributed by atoms with Crippen molar-refractivity contribution < 1.29 is 9.47 Å².